The summed E-state index contributed by atoms with van der Waals surface area (Å²) in [5, 5.41) is -0.478. The van der Waals surface area contributed by atoms with Crippen LogP contribution >= 0.6 is 11.8 Å². The summed E-state index contributed by atoms with van der Waals surface area (Å²) < 4.78 is 10.8. The molecular formula is C20H25NO5S. The number of hydrogen-bond acceptors (Lipinski definition) is 6. The molecule has 1 aliphatic heterocycles. The Morgan fingerprint density at radius 2 is 1.78 bits per heavy atom. The van der Waals surface area contributed by atoms with Crippen LogP contribution in [0.25, 0.3) is 6.08 Å². The Bertz CT molecular complexity index is 742. The molecule has 0 aromatic heterocycles. The maximum Gasteiger partial charge on any atom is 0.326 e. The third-order valence-electron chi connectivity index (χ3n) is 3.52. The van der Waals surface area contributed by atoms with E-state index >= 15 is 0 Å². The first kappa shape index (κ1) is 21.0. The number of carbonyl (C=O) groups excluding carboxylic acids is 3. The molecule has 7 heteroatoms. The molecule has 1 heterocycles. The minimum absolute atomic E-state index is 0.186. The van der Waals surface area contributed by atoms with Crippen LogP contribution in [0.3, 0.4) is 0 Å². The number of ether oxygens (including phenoxy) is 2. The molecule has 0 radical (unpaired) electrons. The van der Waals surface area contributed by atoms with Crippen molar-refractivity contribution in [1.29, 1.82) is 0 Å². The predicted molar refractivity (Wildman–Crippen MR) is 105 cm³/mol. The van der Waals surface area contributed by atoms with Crippen molar-refractivity contribution < 1.29 is 23.9 Å². The van der Waals surface area contributed by atoms with E-state index in [1.807, 2.05) is 52.0 Å². The van der Waals surface area contributed by atoms with Gasteiger partial charge in [-0.2, -0.15) is 0 Å². The lowest BCUT2D eigenvalue weighted by atomic mass is 10.1. The van der Waals surface area contributed by atoms with Gasteiger partial charge < -0.3 is 9.47 Å². The fraction of sp³-hybridized carbons (Fsp3) is 0.450. The van der Waals surface area contributed by atoms with E-state index in [9.17, 15) is 14.4 Å². The summed E-state index contributed by atoms with van der Waals surface area (Å²) in [6, 6.07) is 7.33. The highest BCUT2D eigenvalue weighted by atomic mass is 32.2. The van der Waals surface area contributed by atoms with Gasteiger partial charge in [-0.1, -0.05) is 45.9 Å². The molecule has 1 aliphatic rings. The number of nitrogens with zero attached hydrogens (tertiary/aromatic N) is 1. The van der Waals surface area contributed by atoms with E-state index in [0.717, 1.165) is 16.7 Å². The minimum atomic E-state index is -0.590. The highest BCUT2D eigenvalue weighted by molar-refractivity contribution is 8.18. The van der Waals surface area contributed by atoms with Crippen molar-refractivity contribution in [3.05, 3.63) is 34.7 Å². The van der Waals surface area contributed by atoms with Crippen molar-refractivity contribution in [3.8, 4) is 5.75 Å². The average molecular weight is 391 g/mol. The molecule has 0 spiro atoms. The van der Waals surface area contributed by atoms with Crippen molar-refractivity contribution in [2.45, 2.75) is 27.7 Å². The second kappa shape index (κ2) is 9.60. The fourth-order valence-electron chi connectivity index (χ4n) is 2.20. The largest absolute Gasteiger partial charge is 0.493 e. The van der Waals surface area contributed by atoms with E-state index < -0.39 is 17.1 Å². The normalized spacial score (nSPS) is 15.9. The van der Waals surface area contributed by atoms with Gasteiger partial charge >= 0.3 is 5.97 Å². The van der Waals surface area contributed by atoms with Gasteiger partial charge in [0.2, 0.25) is 0 Å². The summed E-state index contributed by atoms with van der Waals surface area (Å²) in [5.41, 5.74) is 0.714. The van der Waals surface area contributed by atoms with Crippen LogP contribution in [0.15, 0.2) is 29.2 Å². The molecule has 0 aliphatic carbocycles. The molecule has 146 valence electrons. The smallest absolute Gasteiger partial charge is 0.326 e. The number of imide groups is 1. The molecule has 1 aromatic carbocycles. The number of rotatable bonds is 8. The molecule has 0 N–H and O–H groups in total. The zero-order chi connectivity index (χ0) is 20.0. The highest BCUT2D eigenvalue weighted by Crippen LogP contribution is 2.34. The number of thioether (sulfide) groups is 1. The quantitative estimate of drug-likeness (QED) is 0.493. The zero-order valence-electron chi connectivity index (χ0n) is 16.1. The van der Waals surface area contributed by atoms with E-state index in [2.05, 4.69) is 0 Å². The minimum Gasteiger partial charge on any atom is -0.493 e. The van der Waals surface area contributed by atoms with Crippen LogP contribution in [0.2, 0.25) is 0 Å². The van der Waals surface area contributed by atoms with Gasteiger partial charge in [0.05, 0.1) is 18.1 Å². The van der Waals surface area contributed by atoms with Crippen molar-refractivity contribution in [2.24, 2.45) is 11.8 Å². The summed E-state index contributed by atoms with van der Waals surface area (Å²) in [5.74, 6) is 0.112. The van der Waals surface area contributed by atoms with Gasteiger partial charge in [-0.15, -0.1) is 0 Å². The molecule has 0 saturated carbocycles. The third-order valence-corrected chi connectivity index (χ3v) is 4.42. The molecule has 1 saturated heterocycles. The zero-order valence-corrected chi connectivity index (χ0v) is 16.9. The molecule has 1 fully saturated rings. The lowest BCUT2D eigenvalue weighted by molar-refractivity contribution is -0.147. The summed E-state index contributed by atoms with van der Waals surface area (Å²) in [4.78, 5) is 37.7. The molecule has 0 unspecified atom stereocenters. The van der Waals surface area contributed by atoms with Crippen LogP contribution in [0.4, 0.5) is 4.79 Å². The Hall–Kier alpha value is -2.28. The Morgan fingerprint density at radius 1 is 1.11 bits per heavy atom. The molecular weight excluding hydrogens is 366 g/mol. The maximum absolute atomic E-state index is 12.5. The number of hydrogen-bond donors (Lipinski definition) is 0. The Kier molecular flexibility index (Phi) is 7.47. The summed E-state index contributed by atoms with van der Waals surface area (Å²) in [6.45, 7) is 8.35. The van der Waals surface area contributed by atoms with E-state index in [1.54, 1.807) is 6.08 Å². The maximum atomic E-state index is 12.5. The molecule has 27 heavy (non-hydrogen) atoms. The predicted octanol–water partition coefficient (Wildman–Crippen LogP) is 3.96. The first-order chi connectivity index (χ1) is 12.8. The Labute approximate surface area is 163 Å². The summed E-state index contributed by atoms with van der Waals surface area (Å²) in [6.07, 6.45) is 1.63. The third kappa shape index (κ3) is 6.13. The van der Waals surface area contributed by atoms with Gasteiger partial charge in [-0.05, 0) is 35.7 Å². The van der Waals surface area contributed by atoms with Gasteiger partial charge in [0, 0.05) is 5.56 Å². The van der Waals surface area contributed by atoms with E-state index in [-0.39, 0.29) is 24.0 Å². The summed E-state index contributed by atoms with van der Waals surface area (Å²) >= 11 is 0.811. The molecule has 0 bridgehead atoms. The lowest BCUT2D eigenvalue weighted by Crippen LogP contribution is -2.34. The van der Waals surface area contributed by atoms with E-state index in [1.165, 1.54) is 0 Å². The number of amides is 2. The van der Waals surface area contributed by atoms with Crippen LogP contribution < -0.4 is 4.74 Å². The van der Waals surface area contributed by atoms with Crippen molar-refractivity contribution in [2.75, 3.05) is 19.8 Å². The van der Waals surface area contributed by atoms with Gasteiger partial charge in [0.15, 0.2) is 0 Å². The van der Waals surface area contributed by atoms with Crippen molar-refractivity contribution in [1.82, 2.24) is 4.90 Å². The van der Waals surface area contributed by atoms with Crippen molar-refractivity contribution >= 4 is 35.0 Å². The Balaban J connectivity index is 2.11. The van der Waals surface area contributed by atoms with Gasteiger partial charge in [-0.25, -0.2) is 0 Å². The molecule has 2 amide bonds. The topological polar surface area (TPSA) is 72.9 Å². The van der Waals surface area contributed by atoms with Crippen LogP contribution in [0.5, 0.6) is 5.75 Å². The first-order valence-corrected chi connectivity index (χ1v) is 9.72. The Morgan fingerprint density at radius 3 is 2.44 bits per heavy atom. The van der Waals surface area contributed by atoms with E-state index in [4.69, 9.17) is 9.47 Å². The lowest BCUT2D eigenvalue weighted by Gasteiger charge is -2.13. The number of esters is 1. The molecule has 0 atom stereocenters. The monoisotopic (exact) mass is 391 g/mol. The van der Waals surface area contributed by atoms with Crippen molar-refractivity contribution in [3.63, 3.8) is 0 Å². The average Bonchev–Trinajstić information content (AvgIpc) is 2.86. The first-order valence-electron chi connectivity index (χ1n) is 8.90. The molecule has 6 nitrogen and oxygen atoms in total. The highest BCUT2D eigenvalue weighted by Gasteiger charge is 2.36. The number of benzene rings is 1. The second-order valence-corrected chi connectivity index (χ2v) is 8.08. The van der Waals surface area contributed by atoms with Gasteiger partial charge in [0.25, 0.3) is 11.1 Å². The molecule has 1 aromatic rings. The van der Waals surface area contributed by atoms with Gasteiger partial charge in [-0.3, -0.25) is 19.3 Å². The van der Waals surface area contributed by atoms with Crippen LogP contribution in [-0.4, -0.2) is 41.8 Å². The van der Waals surface area contributed by atoms with Crippen LogP contribution in [0.1, 0.15) is 33.3 Å². The van der Waals surface area contributed by atoms with Crippen LogP contribution in [0, 0.1) is 11.8 Å². The number of para-hydroxylation sites is 1. The van der Waals surface area contributed by atoms with Crippen LogP contribution in [-0.2, 0) is 14.3 Å². The summed E-state index contributed by atoms with van der Waals surface area (Å²) in [7, 11) is 0. The standard InChI is InChI=1S/C20H25NO5S/c1-13(2)11-25-16-8-6-5-7-15(16)9-17-19(23)21(20(24)27-17)10-18(22)26-12-14(3)4/h5-9,13-14H,10-12H2,1-4H3/b17-9+. The molecule has 2 rings (SSSR count). The van der Waals surface area contributed by atoms with Gasteiger partial charge in [0.1, 0.15) is 12.3 Å². The fourth-order valence-corrected chi connectivity index (χ4v) is 3.03. The SMILES string of the molecule is CC(C)COC(=O)CN1C(=O)S/C(=C/c2ccccc2OCC(C)C)C1=O. The second-order valence-electron chi connectivity index (χ2n) is 7.09. The number of carbonyl (C=O) groups is 3. The van der Waals surface area contributed by atoms with E-state index in [0.29, 0.717) is 23.8 Å².